The Labute approximate surface area is 260 Å². The topological polar surface area (TPSA) is 109 Å². The third-order valence-electron chi connectivity index (χ3n) is 8.01. The molecule has 45 heavy (non-hydrogen) atoms. The number of nitrogens with one attached hydrogen (secondary N) is 1. The van der Waals surface area contributed by atoms with Gasteiger partial charge in [-0.2, -0.15) is 0 Å². The zero-order valence-electron chi connectivity index (χ0n) is 26.0. The Morgan fingerprint density at radius 2 is 1.84 bits per heavy atom. The fraction of sp³-hybridized carbons (Fsp3) is 0.343. The van der Waals surface area contributed by atoms with E-state index in [2.05, 4.69) is 9.97 Å². The minimum atomic E-state index is -0.361. The molecule has 9 nitrogen and oxygen atoms in total. The van der Waals surface area contributed by atoms with Crippen molar-refractivity contribution in [2.24, 2.45) is 7.05 Å². The van der Waals surface area contributed by atoms with Crippen LogP contribution in [0.2, 0.25) is 0 Å². The second kappa shape index (κ2) is 12.4. The van der Waals surface area contributed by atoms with E-state index in [0.717, 1.165) is 18.7 Å². The molecule has 0 unspecified atom stereocenters. The highest BCUT2D eigenvalue weighted by Crippen LogP contribution is 2.41. The van der Waals surface area contributed by atoms with Gasteiger partial charge in [0.2, 0.25) is 0 Å². The highest BCUT2D eigenvalue weighted by Gasteiger charge is 2.23. The number of hydrogen-bond acceptors (Lipinski definition) is 7. The van der Waals surface area contributed by atoms with E-state index in [0.29, 0.717) is 75.0 Å². The molecule has 0 atom stereocenters. The molecule has 4 heterocycles. The summed E-state index contributed by atoms with van der Waals surface area (Å²) in [5, 5.41) is 0.386. The Morgan fingerprint density at radius 1 is 1.11 bits per heavy atom. The predicted molar refractivity (Wildman–Crippen MR) is 168 cm³/mol. The van der Waals surface area contributed by atoms with Crippen molar-refractivity contribution >= 4 is 16.9 Å². The van der Waals surface area contributed by atoms with Crippen LogP contribution in [0.4, 0.5) is 4.39 Å². The first-order valence-electron chi connectivity index (χ1n) is 15.1. The first kappa shape index (κ1) is 30.3. The minimum Gasteiger partial charge on any atom is -0.463 e. The number of hydrogen-bond donors (Lipinski definition) is 1. The number of fused-ring (bicyclic) bond motifs is 1. The maximum absolute atomic E-state index is 14.1. The second-order valence-corrected chi connectivity index (χ2v) is 11.9. The van der Waals surface area contributed by atoms with Gasteiger partial charge in [-0.1, -0.05) is 6.07 Å². The maximum atomic E-state index is 14.1. The van der Waals surface area contributed by atoms with Crippen molar-refractivity contribution < 1.29 is 27.8 Å². The summed E-state index contributed by atoms with van der Waals surface area (Å²) in [6.07, 6.45) is 4.98. The number of furan rings is 1. The molecular weight excluding hydrogens is 577 g/mol. The molecule has 1 aliphatic rings. The van der Waals surface area contributed by atoms with E-state index in [-0.39, 0.29) is 35.8 Å². The van der Waals surface area contributed by atoms with Gasteiger partial charge in [0.15, 0.2) is 5.76 Å². The summed E-state index contributed by atoms with van der Waals surface area (Å²) in [4.78, 5) is 33.9. The minimum absolute atomic E-state index is 0.0432. The third-order valence-corrected chi connectivity index (χ3v) is 8.01. The molecule has 0 radical (unpaired) electrons. The standard InChI is InChI=1S/C35H36FN3O6/c1-19(2)43-31(40)15-22-6-7-29(44-32-20(3)12-24(36)13-21(32)4)25(14-22)27-18-39(5)35(41)26-16-30(45-33(26)27)28-17-37-34(38-28)23-8-10-42-11-9-23/h6-7,12-14,16-19,23H,8-11,15H2,1-5H3,(H,37,38). The number of nitrogens with zero attached hydrogens (tertiary/aromatic N) is 2. The van der Waals surface area contributed by atoms with Gasteiger partial charge in [0, 0.05) is 43.5 Å². The number of rotatable bonds is 8. The quantitative estimate of drug-likeness (QED) is 0.186. The zero-order valence-corrected chi connectivity index (χ0v) is 26.0. The van der Waals surface area contributed by atoms with Crippen molar-refractivity contribution in [3.8, 4) is 34.1 Å². The Balaban J connectivity index is 1.48. The van der Waals surface area contributed by atoms with Crippen molar-refractivity contribution in [2.75, 3.05) is 13.2 Å². The Morgan fingerprint density at radius 3 is 2.56 bits per heavy atom. The number of carbonyl (C=O) groups excluding carboxylic acids is 1. The maximum Gasteiger partial charge on any atom is 0.310 e. The number of H-pyrrole nitrogens is 1. The molecule has 5 aromatic rings. The molecule has 1 saturated heterocycles. The van der Waals surface area contributed by atoms with Crippen molar-refractivity contribution in [1.82, 2.24) is 14.5 Å². The fourth-order valence-electron chi connectivity index (χ4n) is 5.84. The van der Waals surface area contributed by atoms with Crippen molar-refractivity contribution in [1.29, 1.82) is 0 Å². The molecule has 0 aliphatic carbocycles. The number of pyridine rings is 1. The highest BCUT2D eigenvalue weighted by molar-refractivity contribution is 5.95. The summed E-state index contributed by atoms with van der Waals surface area (Å²) in [5.74, 6) is 1.87. The molecular formula is C35H36FN3O6. The van der Waals surface area contributed by atoms with E-state index in [1.807, 2.05) is 6.07 Å². The monoisotopic (exact) mass is 613 g/mol. The number of aromatic amines is 1. The summed E-state index contributed by atoms with van der Waals surface area (Å²) < 4.78 is 39.3. The van der Waals surface area contributed by atoms with Gasteiger partial charge in [0.05, 0.1) is 24.1 Å². The van der Waals surface area contributed by atoms with Gasteiger partial charge in [0.25, 0.3) is 5.56 Å². The van der Waals surface area contributed by atoms with Crippen LogP contribution in [0.3, 0.4) is 0 Å². The van der Waals surface area contributed by atoms with Gasteiger partial charge >= 0.3 is 5.97 Å². The first-order valence-corrected chi connectivity index (χ1v) is 15.1. The van der Waals surface area contributed by atoms with Gasteiger partial charge in [-0.05, 0) is 87.6 Å². The van der Waals surface area contributed by atoms with E-state index < -0.39 is 0 Å². The molecule has 1 N–H and O–H groups in total. The highest BCUT2D eigenvalue weighted by atomic mass is 19.1. The molecule has 10 heteroatoms. The molecule has 3 aromatic heterocycles. The lowest BCUT2D eigenvalue weighted by molar-refractivity contribution is -0.146. The van der Waals surface area contributed by atoms with E-state index in [9.17, 15) is 14.0 Å². The number of aromatic nitrogens is 3. The van der Waals surface area contributed by atoms with Gasteiger partial charge in [-0.3, -0.25) is 9.59 Å². The summed E-state index contributed by atoms with van der Waals surface area (Å²) in [7, 11) is 1.68. The van der Waals surface area contributed by atoms with Crippen molar-refractivity contribution in [3.63, 3.8) is 0 Å². The van der Waals surface area contributed by atoms with Crippen LogP contribution in [-0.2, 0) is 27.7 Å². The van der Waals surface area contributed by atoms with E-state index >= 15 is 0 Å². The summed E-state index contributed by atoms with van der Waals surface area (Å²) in [6, 6.07) is 9.96. The number of esters is 1. The van der Waals surface area contributed by atoms with Gasteiger partial charge in [-0.15, -0.1) is 0 Å². The van der Waals surface area contributed by atoms with Crippen LogP contribution in [0.5, 0.6) is 11.5 Å². The molecule has 0 spiro atoms. The number of halogens is 1. The molecule has 0 amide bonds. The lowest BCUT2D eigenvalue weighted by Gasteiger charge is -2.19. The molecule has 2 aromatic carbocycles. The average Bonchev–Trinajstić information content (AvgIpc) is 3.66. The van der Waals surface area contributed by atoms with Crippen molar-refractivity contribution in [3.05, 3.63) is 87.5 Å². The van der Waals surface area contributed by atoms with Crippen molar-refractivity contribution in [2.45, 2.75) is 59.0 Å². The SMILES string of the molecule is Cc1cc(F)cc(C)c1Oc1ccc(CC(=O)OC(C)C)cc1-c1cn(C)c(=O)c2cc(-c3cnc(C4CCOCC4)[nH]3)oc12. The molecule has 1 fully saturated rings. The van der Waals surface area contributed by atoms with Crippen LogP contribution >= 0.6 is 0 Å². The smallest absolute Gasteiger partial charge is 0.310 e. The Hall–Kier alpha value is -4.70. The van der Waals surface area contributed by atoms with E-state index in [1.165, 1.54) is 16.7 Å². The van der Waals surface area contributed by atoms with Gasteiger partial charge in [0.1, 0.15) is 34.4 Å². The van der Waals surface area contributed by atoms with Crippen LogP contribution in [0.25, 0.3) is 33.6 Å². The number of benzene rings is 2. The molecule has 234 valence electrons. The zero-order chi connectivity index (χ0) is 31.8. The number of imidazole rings is 1. The Kier molecular flexibility index (Phi) is 8.33. The predicted octanol–water partition coefficient (Wildman–Crippen LogP) is 7.12. The van der Waals surface area contributed by atoms with Gasteiger partial charge in [-0.25, -0.2) is 9.37 Å². The molecule has 0 saturated carbocycles. The lowest BCUT2D eigenvalue weighted by Crippen LogP contribution is -2.16. The van der Waals surface area contributed by atoms with Crippen LogP contribution in [0.1, 0.15) is 55.1 Å². The van der Waals surface area contributed by atoms with E-state index in [4.69, 9.17) is 18.6 Å². The summed E-state index contributed by atoms with van der Waals surface area (Å²) >= 11 is 0. The number of ether oxygens (including phenoxy) is 3. The summed E-state index contributed by atoms with van der Waals surface area (Å²) in [5.41, 5.74) is 3.96. The number of aryl methyl sites for hydroxylation is 3. The lowest BCUT2D eigenvalue weighted by atomic mass is 10.00. The number of carbonyl (C=O) groups is 1. The fourth-order valence-corrected chi connectivity index (χ4v) is 5.84. The molecule has 1 aliphatic heterocycles. The van der Waals surface area contributed by atoms with Crippen LogP contribution in [-0.4, -0.2) is 39.8 Å². The average molecular weight is 614 g/mol. The van der Waals surface area contributed by atoms with Crippen LogP contribution in [0, 0.1) is 19.7 Å². The largest absolute Gasteiger partial charge is 0.463 e. The molecule has 0 bridgehead atoms. The van der Waals surface area contributed by atoms with Crippen LogP contribution < -0.4 is 10.3 Å². The second-order valence-electron chi connectivity index (χ2n) is 11.9. The first-order chi connectivity index (χ1) is 21.6. The van der Waals surface area contributed by atoms with Gasteiger partial charge < -0.3 is 28.2 Å². The van der Waals surface area contributed by atoms with Crippen LogP contribution in [0.15, 0.2) is 58.0 Å². The normalized spacial score (nSPS) is 13.9. The summed E-state index contributed by atoms with van der Waals surface area (Å²) in [6.45, 7) is 8.55. The third kappa shape index (κ3) is 6.28. The molecule has 6 rings (SSSR count). The van der Waals surface area contributed by atoms with E-state index in [1.54, 1.807) is 65.3 Å². The Bertz CT molecular complexity index is 1920.